The van der Waals surface area contributed by atoms with E-state index in [2.05, 4.69) is 0 Å². The van der Waals surface area contributed by atoms with Crippen LogP contribution in [0.5, 0.6) is 0 Å². The summed E-state index contributed by atoms with van der Waals surface area (Å²) in [5.41, 5.74) is 7.11. The number of nitrogens with zero attached hydrogens (tertiary/aromatic N) is 1. The van der Waals surface area contributed by atoms with Crippen LogP contribution in [0.25, 0.3) is 10.8 Å². The number of nitrogens with two attached hydrogens (primary N) is 1. The number of hydrogen-bond donors (Lipinski definition) is 2. The maximum Gasteiger partial charge on any atom is 0.256 e. The Hall–Kier alpha value is -2.07. The van der Waals surface area contributed by atoms with Crippen molar-refractivity contribution in [2.24, 2.45) is 0 Å². The number of amides is 1. The summed E-state index contributed by atoms with van der Waals surface area (Å²) in [6, 6.07) is 11.5. The third kappa shape index (κ3) is 2.59. The van der Waals surface area contributed by atoms with Crippen LogP contribution in [-0.2, 0) is 0 Å². The molecule has 1 atom stereocenters. The Kier molecular flexibility index (Phi) is 3.80. The Balaban J connectivity index is 1.98. The first-order chi connectivity index (χ1) is 10.2. The van der Waals surface area contributed by atoms with Gasteiger partial charge in [0.2, 0.25) is 0 Å². The van der Waals surface area contributed by atoms with Crippen LogP contribution in [0.4, 0.5) is 5.69 Å². The van der Waals surface area contributed by atoms with Crippen molar-refractivity contribution >= 4 is 22.4 Å². The molecule has 0 aliphatic carbocycles. The zero-order valence-corrected chi connectivity index (χ0v) is 12.0. The van der Waals surface area contributed by atoms with Gasteiger partial charge >= 0.3 is 0 Å². The Morgan fingerprint density at radius 1 is 1.24 bits per heavy atom. The molecule has 2 aromatic rings. The summed E-state index contributed by atoms with van der Waals surface area (Å²) in [4.78, 5) is 14.5. The van der Waals surface area contributed by atoms with Crippen LogP contribution in [-0.4, -0.2) is 35.1 Å². The second-order valence-corrected chi connectivity index (χ2v) is 5.62. The van der Waals surface area contributed by atoms with Gasteiger partial charge in [0.05, 0.1) is 18.2 Å². The number of piperidine rings is 1. The highest BCUT2D eigenvalue weighted by Crippen LogP contribution is 2.26. The standard InChI is InChI=1S/C17H20N2O2/c18-16-10-13-6-2-1-5-12(13)9-15(16)17(21)19-8-4-3-7-14(19)11-20/h1-2,5-6,9-10,14,20H,3-4,7-8,11,18H2. The monoisotopic (exact) mass is 284 g/mol. The van der Waals surface area contributed by atoms with E-state index < -0.39 is 0 Å². The van der Waals surface area contributed by atoms with Crippen molar-refractivity contribution in [1.82, 2.24) is 4.90 Å². The number of nitrogen functional groups attached to an aromatic ring is 1. The Morgan fingerprint density at radius 2 is 1.95 bits per heavy atom. The number of rotatable bonds is 2. The molecule has 1 saturated heterocycles. The van der Waals surface area contributed by atoms with Gasteiger partial charge < -0.3 is 15.7 Å². The molecule has 3 rings (SSSR count). The number of benzene rings is 2. The van der Waals surface area contributed by atoms with Crippen LogP contribution in [0, 0.1) is 0 Å². The molecule has 1 unspecified atom stereocenters. The fourth-order valence-corrected chi connectivity index (χ4v) is 3.06. The molecule has 0 saturated carbocycles. The Bertz CT molecular complexity index is 669. The summed E-state index contributed by atoms with van der Waals surface area (Å²) in [6.07, 6.45) is 2.90. The average Bonchev–Trinajstić information content (AvgIpc) is 2.53. The zero-order chi connectivity index (χ0) is 14.8. The molecule has 0 bridgehead atoms. The number of carbonyl (C=O) groups excluding carboxylic acids is 1. The van der Waals surface area contributed by atoms with Gasteiger partial charge in [-0.2, -0.15) is 0 Å². The van der Waals surface area contributed by atoms with E-state index in [0.29, 0.717) is 17.8 Å². The topological polar surface area (TPSA) is 66.6 Å². The average molecular weight is 284 g/mol. The zero-order valence-electron chi connectivity index (χ0n) is 12.0. The maximum absolute atomic E-state index is 12.8. The summed E-state index contributed by atoms with van der Waals surface area (Å²) in [7, 11) is 0. The van der Waals surface area contributed by atoms with Crippen molar-refractivity contribution in [3.05, 3.63) is 42.0 Å². The number of fused-ring (bicyclic) bond motifs is 1. The normalized spacial score (nSPS) is 18.9. The quantitative estimate of drug-likeness (QED) is 0.832. The summed E-state index contributed by atoms with van der Waals surface area (Å²) >= 11 is 0. The van der Waals surface area contributed by atoms with Crippen LogP contribution in [0.15, 0.2) is 36.4 Å². The lowest BCUT2D eigenvalue weighted by molar-refractivity contribution is 0.0504. The Labute approximate surface area is 124 Å². The lowest BCUT2D eigenvalue weighted by atomic mass is 9.99. The van der Waals surface area contributed by atoms with E-state index in [0.717, 1.165) is 30.0 Å². The molecular weight excluding hydrogens is 264 g/mol. The third-order valence-corrected chi connectivity index (χ3v) is 4.25. The van der Waals surface area contributed by atoms with Gasteiger partial charge in [0, 0.05) is 12.2 Å². The largest absolute Gasteiger partial charge is 0.398 e. The van der Waals surface area contributed by atoms with Gasteiger partial charge in [-0.15, -0.1) is 0 Å². The van der Waals surface area contributed by atoms with Crippen LogP contribution in [0.3, 0.4) is 0 Å². The van der Waals surface area contributed by atoms with Gasteiger partial charge in [-0.05, 0) is 42.2 Å². The molecule has 0 radical (unpaired) electrons. The van der Waals surface area contributed by atoms with Crippen molar-refractivity contribution in [3.63, 3.8) is 0 Å². The van der Waals surface area contributed by atoms with Crippen molar-refractivity contribution < 1.29 is 9.90 Å². The minimum atomic E-state index is -0.0860. The number of anilines is 1. The molecule has 1 heterocycles. The van der Waals surface area contributed by atoms with Crippen LogP contribution in [0.2, 0.25) is 0 Å². The van der Waals surface area contributed by atoms with E-state index in [1.165, 1.54) is 0 Å². The summed E-state index contributed by atoms with van der Waals surface area (Å²) < 4.78 is 0. The van der Waals surface area contributed by atoms with E-state index in [9.17, 15) is 9.90 Å². The van der Waals surface area contributed by atoms with Crippen LogP contribution >= 0.6 is 0 Å². The molecule has 4 nitrogen and oxygen atoms in total. The van der Waals surface area contributed by atoms with E-state index in [1.807, 2.05) is 36.4 Å². The van der Waals surface area contributed by atoms with Crippen LogP contribution in [0.1, 0.15) is 29.6 Å². The van der Waals surface area contributed by atoms with Gasteiger partial charge in [0.15, 0.2) is 0 Å². The van der Waals surface area contributed by atoms with Gasteiger partial charge in [-0.25, -0.2) is 0 Å². The molecule has 1 aliphatic heterocycles. The van der Waals surface area contributed by atoms with E-state index in [-0.39, 0.29) is 18.6 Å². The van der Waals surface area contributed by atoms with Crippen molar-refractivity contribution in [1.29, 1.82) is 0 Å². The molecular formula is C17H20N2O2. The maximum atomic E-state index is 12.8. The molecule has 21 heavy (non-hydrogen) atoms. The lowest BCUT2D eigenvalue weighted by Gasteiger charge is -2.35. The smallest absolute Gasteiger partial charge is 0.256 e. The molecule has 0 spiro atoms. The number of likely N-dealkylation sites (tertiary alicyclic amines) is 1. The van der Waals surface area contributed by atoms with Gasteiger partial charge in [0.25, 0.3) is 5.91 Å². The first kappa shape index (κ1) is 13.9. The molecule has 3 N–H and O–H groups in total. The summed E-state index contributed by atoms with van der Waals surface area (Å²) in [5, 5.41) is 11.5. The number of aliphatic hydroxyl groups is 1. The molecule has 1 fully saturated rings. The number of aliphatic hydroxyl groups excluding tert-OH is 1. The van der Waals surface area contributed by atoms with Crippen molar-refractivity contribution in [2.75, 3.05) is 18.9 Å². The van der Waals surface area contributed by atoms with Crippen molar-refractivity contribution in [2.45, 2.75) is 25.3 Å². The first-order valence-electron chi connectivity index (χ1n) is 7.41. The first-order valence-corrected chi connectivity index (χ1v) is 7.41. The van der Waals surface area contributed by atoms with E-state index in [1.54, 1.807) is 4.90 Å². The predicted octanol–water partition coefficient (Wildman–Crippen LogP) is 2.41. The van der Waals surface area contributed by atoms with Gasteiger partial charge in [-0.1, -0.05) is 24.3 Å². The number of carbonyl (C=O) groups is 1. The highest BCUT2D eigenvalue weighted by molar-refractivity contribution is 6.04. The fourth-order valence-electron chi connectivity index (χ4n) is 3.06. The lowest BCUT2D eigenvalue weighted by Crippen LogP contribution is -2.45. The van der Waals surface area contributed by atoms with Gasteiger partial charge in [0.1, 0.15) is 0 Å². The highest BCUT2D eigenvalue weighted by atomic mass is 16.3. The molecule has 2 aromatic carbocycles. The molecule has 4 heteroatoms. The van der Waals surface area contributed by atoms with E-state index in [4.69, 9.17) is 5.73 Å². The summed E-state index contributed by atoms with van der Waals surface area (Å²) in [5.74, 6) is -0.0722. The van der Waals surface area contributed by atoms with Crippen molar-refractivity contribution in [3.8, 4) is 0 Å². The van der Waals surface area contributed by atoms with Crippen LogP contribution < -0.4 is 5.73 Å². The second kappa shape index (κ2) is 5.74. The number of hydrogen-bond acceptors (Lipinski definition) is 3. The van der Waals surface area contributed by atoms with Gasteiger partial charge in [-0.3, -0.25) is 4.79 Å². The fraction of sp³-hybridized carbons (Fsp3) is 0.353. The highest BCUT2D eigenvalue weighted by Gasteiger charge is 2.28. The molecule has 1 aliphatic rings. The van der Waals surface area contributed by atoms with E-state index >= 15 is 0 Å². The molecule has 1 amide bonds. The minimum Gasteiger partial charge on any atom is -0.398 e. The summed E-state index contributed by atoms with van der Waals surface area (Å²) in [6.45, 7) is 0.704. The predicted molar refractivity (Wildman–Crippen MR) is 84.1 cm³/mol. The molecule has 0 aromatic heterocycles. The second-order valence-electron chi connectivity index (χ2n) is 5.62. The SMILES string of the molecule is Nc1cc2ccccc2cc1C(=O)N1CCCCC1CO. The minimum absolute atomic E-state index is 0.0131. The molecule has 110 valence electrons. The third-order valence-electron chi connectivity index (χ3n) is 4.25. The Morgan fingerprint density at radius 3 is 2.67 bits per heavy atom.